The Hall–Kier alpha value is -1.78. The minimum Gasteiger partial charge on any atom is -0.388 e. The Morgan fingerprint density at radius 3 is 2.55 bits per heavy atom. The van der Waals surface area contributed by atoms with Crippen LogP contribution in [0.2, 0.25) is 0 Å². The van der Waals surface area contributed by atoms with Crippen molar-refractivity contribution in [2.45, 2.75) is 88.7 Å². The van der Waals surface area contributed by atoms with Crippen molar-refractivity contribution in [3.63, 3.8) is 0 Å². The standard InChI is InChI=1S/C21H33N5O4S/c1-14(2)31(29,30)25-11-8-16(9-12-25)23-20-22-13-15-6-7-18(27)26(19(15)24-20)17-5-4-10-21(17,3)28/h13-14,16-17,28H,4-12H2,1-3H3,(H,22,23,24)/t17-,21-/m1/s1. The third-order valence-corrected chi connectivity index (χ3v) is 9.16. The van der Waals surface area contributed by atoms with Crippen molar-refractivity contribution in [2.75, 3.05) is 23.3 Å². The maximum Gasteiger partial charge on any atom is 0.228 e. The van der Waals surface area contributed by atoms with E-state index < -0.39 is 20.9 Å². The zero-order valence-electron chi connectivity index (χ0n) is 18.5. The average molecular weight is 452 g/mol. The van der Waals surface area contributed by atoms with Crippen LogP contribution in [0.1, 0.15) is 64.9 Å². The van der Waals surface area contributed by atoms with Gasteiger partial charge in [-0.1, -0.05) is 0 Å². The largest absolute Gasteiger partial charge is 0.388 e. The van der Waals surface area contributed by atoms with E-state index in [9.17, 15) is 18.3 Å². The predicted octanol–water partition coefficient (Wildman–Crippen LogP) is 1.67. The van der Waals surface area contributed by atoms with Crippen molar-refractivity contribution in [1.82, 2.24) is 14.3 Å². The highest BCUT2D eigenvalue weighted by molar-refractivity contribution is 7.89. The highest BCUT2D eigenvalue weighted by Gasteiger charge is 2.45. The van der Waals surface area contributed by atoms with Gasteiger partial charge in [-0.3, -0.25) is 9.69 Å². The van der Waals surface area contributed by atoms with E-state index in [4.69, 9.17) is 0 Å². The van der Waals surface area contributed by atoms with E-state index in [2.05, 4.69) is 15.3 Å². The molecule has 1 aromatic rings. The van der Waals surface area contributed by atoms with E-state index >= 15 is 0 Å². The van der Waals surface area contributed by atoms with Gasteiger partial charge in [-0.05, 0) is 59.3 Å². The Morgan fingerprint density at radius 2 is 1.94 bits per heavy atom. The lowest BCUT2D eigenvalue weighted by atomic mass is 9.95. The maximum atomic E-state index is 12.8. The summed E-state index contributed by atoms with van der Waals surface area (Å²) >= 11 is 0. The maximum absolute atomic E-state index is 12.8. The van der Waals surface area contributed by atoms with E-state index in [1.54, 1.807) is 36.2 Å². The molecule has 2 atom stereocenters. The molecule has 0 unspecified atom stereocenters. The van der Waals surface area contributed by atoms with Gasteiger partial charge in [0.15, 0.2) is 0 Å². The van der Waals surface area contributed by atoms with Gasteiger partial charge in [0.05, 0.1) is 16.9 Å². The number of sulfonamides is 1. The Kier molecular flexibility index (Phi) is 5.99. The first-order valence-electron chi connectivity index (χ1n) is 11.3. The lowest BCUT2D eigenvalue weighted by molar-refractivity contribution is -0.120. The van der Waals surface area contributed by atoms with Crippen LogP contribution in [0.15, 0.2) is 6.20 Å². The zero-order valence-corrected chi connectivity index (χ0v) is 19.4. The van der Waals surface area contributed by atoms with E-state index in [0.29, 0.717) is 57.0 Å². The molecule has 2 N–H and O–H groups in total. The molecule has 3 aliphatic rings. The molecule has 0 radical (unpaired) electrons. The Balaban J connectivity index is 1.49. The fraction of sp³-hybridized carbons (Fsp3) is 0.762. The van der Waals surface area contributed by atoms with Crippen molar-refractivity contribution in [2.24, 2.45) is 0 Å². The Bertz CT molecular complexity index is 941. The highest BCUT2D eigenvalue weighted by Crippen LogP contribution is 2.39. The van der Waals surface area contributed by atoms with Crippen molar-refractivity contribution in [3.05, 3.63) is 11.8 Å². The third-order valence-electron chi connectivity index (χ3n) is 6.88. The number of fused-ring (bicyclic) bond motifs is 1. The van der Waals surface area contributed by atoms with E-state index in [0.717, 1.165) is 18.4 Å². The van der Waals surface area contributed by atoms with Gasteiger partial charge in [-0.25, -0.2) is 17.7 Å². The third kappa shape index (κ3) is 4.29. The summed E-state index contributed by atoms with van der Waals surface area (Å²) in [5.74, 6) is 1.04. The number of anilines is 2. The fourth-order valence-corrected chi connectivity index (χ4v) is 6.24. The van der Waals surface area contributed by atoms with Gasteiger partial charge in [-0.15, -0.1) is 0 Å². The SMILES string of the molecule is CC(C)S(=O)(=O)N1CCC(Nc2ncc3c(n2)N([C@@H]2CCC[C@@]2(C)O)C(=O)CC3)CC1. The quantitative estimate of drug-likeness (QED) is 0.700. The van der Waals surface area contributed by atoms with Gasteiger partial charge in [0.1, 0.15) is 5.82 Å². The number of aliphatic hydroxyl groups is 1. The number of aryl methyl sites for hydroxylation is 1. The average Bonchev–Trinajstić information content (AvgIpc) is 3.07. The van der Waals surface area contributed by atoms with Crippen LogP contribution in [0, 0.1) is 0 Å². The Morgan fingerprint density at radius 1 is 1.23 bits per heavy atom. The minimum absolute atomic E-state index is 0.00322. The summed E-state index contributed by atoms with van der Waals surface area (Å²) in [5, 5.41) is 13.7. The minimum atomic E-state index is -3.24. The molecule has 1 saturated carbocycles. The molecule has 2 fully saturated rings. The molecule has 31 heavy (non-hydrogen) atoms. The molecular weight excluding hydrogens is 418 g/mol. The number of hydrogen-bond acceptors (Lipinski definition) is 7. The first kappa shape index (κ1) is 22.4. The number of carbonyl (C=O) groups is 1. The number of nitrogens with one attached hydrogen (secondary N) is 1. The molecule has 172 valence electrons. The summed E-state index contributed by atoms with van der Waals surface area (Å²) in [4.78, 5) is 23.6. The number of rotatable bonds is 5. The van der Waals surface area contributed by atoms with Gasteiger partial charge in [-0.2, -0.15) is 4.98 Å². The van der Waals surface area contributed by atoms with Crippen LogP contribution in [0.5, 0.6) is 0 Å². The Labute approximate surface area is 184 Å². The molecule has 9 nitrogen and oxygen atoms in total. The second-order valence-corrected chi connectivity index (χ2v) is 12.0. The molecule has 3 heterocycles. The summed E-state index contributed by atoms with van der Waals surface area (Å²) in [5.41, 5.74) is 0.00284. The van der Waals surface area contributed by atoms with Crippen molar-refractivity contribution in [1.29, 1.82) is 0 Å². The lowest BCUT2D eigenvalue weighted by Crippen LogP contribution is -2.52. The second kappa shape index (κ2) is 8.29. The summed E-state index contributed by atoms with van der Waals surface area (Å²) < 4.78 is 26.3. The molecule has 0 bridgehead atoms. The van der Waals surface area contributed by atoms with Crippen LogP contribution >= 0.6 is 0 Å². The molecule has 0 aromatic carbocycles. The van der Waals surface area contributed by atoms with Crippen molar-refractivity contribution >= 4 is 27.7 Å². The number of amides is 1. The first-order valence-corrected chi connectivity index (χ1v) is 12.8. The van der Waals surface area contributed by atoms with Gasteiger partial charge in [0, 0.05) is 37.3 Å². The normalized spacial score (nSPS) is 28.2. The van der Waals surface area contributed by atoms with Gasteiger partial charge in [0.25, 0.3) is 0 Å². The topological polar surface area (TPSA) is 116 Å². The first-order chi connectivity index (χ1) is 14.6. The number of carbonyl (C=O) groups excluding carboxylic acids is 1. The number of nitrogens with zero attached hydrogens (tertiary/aromatic N) is 4. The van der Waals surface area contributed by atoms with Crippen LogP contribution in [0.4, 0.5) is 11.8 Å². The molecule has 10 heteroatoms. The highest BCUT2D eigenvalue weighted by atomic mass is 32.2. The number of piperidine rings is 1. The van der Waals surface area contributed by atoms with Crippen LogP contribution in [0.25, 0.3) is 0 Å². The molecular formula is C21H33N5O4S. The van der Waals surface area contributed by atoms with Crippen molar-refractivity contribution < 1.29 is 18.3 Å². The van der Waals surface area contributed by atoms with E-state index in [1.807, 2.05) is 0 Å². The van der Waals surface area contributed by atoms with E-state index in [1.165, 1.54) is 0 Å². The molecule has 1 amide bonds. The van der Waals surface area contributed by atoms with Crippen LogP contribution in [-0.4, -0.2) is 69.7 Å². The summed E-state index contributed by atoms with van der Waals surface area (Å²) in [7, 11) is -3.24. The predicted molar refractivity (Wildman–Crippen MR) is 118 cm³/mol. The van der Waals surface area contributed by atoms with Gasteiger partial charge < -0.3 is 10.4 Å². The molecule has 1 aliphatic carbocycles. The summed E-state index contributed by atoms with van der Waals surface area (Å²) in [6, 6.07) is -0.203. The van der Waals surface area contributed by atoms with Crippen molar-refractivity contribution in [3.8, 4) is 0 Å². The molecule has 2 aliphatic heterocycles. The van der Waals surface area contributed by atoms with Gasteiger partial charge >= 0.3 is 0 Å². The molecule has 1 aromatic heterocycles. The van der Waals surface area contributed by atoms with Crippen LogP contribution in [-0.2, 0) is 21.2 Å². The second-order valence-electron chi connectivity index (χ2n) is 9.48. The summed E-state index contributed by atoms with van der Waals surface area (Å²) in [6.45, 7) is 6.15. The molecule has 1 saturated heterocycles. The lowest BCUT2D eigenvalue weighted by Gasteiger charge is -2.39. The smallest absolute Gasteiger partial charge is 0.228 e. The zero-order chi connectivity index (χ0) is 22.4. The van der Waals surface area contributed by atoms with Crippen LogP contribution in [0.3, 0.4) is 0 Å². The summed E-state index contributed by atoms with van der Waals surface area (Å²) in [6.07, 6.45) is 6.43. The van der Waals surface area contributed by atoms with Crippen LogP contribution < -0.4 is 10.2 Å². The molecule has 4 rings (SSSR count). The van der Waals surface area contributed by atoms with Gasteiger partial charge in [0.2, 0.25) is 21.9 Å². The van der Waals surface area contributed by atoms with E-state index in [-0.39, 0.29) is 18.0 Å². The monoisotopic (exact) mass is 451 g/mol. The number of aromatic nitrogens is 2. The molecule has 0 spiro atoms. The number of hydrogen-bond donors (Lipinski definition) is 2. The fourth-order valence-electron chi connectivity index (χ4n) is 4.93.